The molecule has 1 saturated carbocycles. The van der Waals surface area contributed by atoms with Gasteiger partial charge in [0, 0.05) is 0 Å². The minimum Gasteiger partial charge on any atom is -0.394 e. The van der Waals surface area contributed by atoms with Gasteiger partial charge in [-0.05, 0) is 36.1 Å². The summed E-state index contributed by atoms with van der Waals surface area (Å²) in [5, 5.41) is 15.3. The van der Waals surface area contributed by atoms with Crippen LogP contribution in [0, 0.1) is 5.92 Å². The predicted octanol–water partition coefficient (Wildman–Crippen LogP) is 2.26. The maximum Gasteiger partial charge on any atom is 0.274 e. The van der Waals surface area contributed by atoms with Gasteiger partial charge >= 0.3 is 0 Å². The van der Waals surface area contributed by atoms with Gasteiger partial charge in [0.25, 0.3) is 5.91 Å². The third kappa shape index (κ3) is 3.57. The molecule has 2 fully saturated rings. The van der Waals surface area contributed by atoms with E-state index in [4.69, 9.17) is 0 Å². The summed E-state index contributed by atoms with van der Waals surface area (Å²) in [5.74, 6) is 0.872. The molecule has 4 rings (SSSR count). The molecule has 1 saturated heterocycles. The Morgan fingerprint density at radius 2 is 2.28 bits per heavy atom. The summed E-state index contributed by atoms with van der Waals surface area (Å²) in [6, 6.07) is 5.73. The maximum absolute atomic E-state index is 12.2. The molecule has 1 aromatic carbocycles. The first kappa shape index (κ1) is 16.2. The first-order valence-electron chi connectivity index (χ1n) is 8.53. The second kappa shape index (κ2) is 6.93. The number of nitrogens with zero attached hydrogens (tertiary/aromatic N) is 2. The van der Waals surface area contributed by atoms with Gasteiger partial charge in [-0.15, -0.1) is 11.3 Å². The number of carbonyl (C=O) groups excluding carboxylic acids is 1. The number of amides is 1. The van der Waals surface area contributed by atoms with Crippen molar-refractivity contribution in [1.29, 1.82) is 0 Å². The molecule has 7 heteroatoms. The summed E-state index contributed by atoms with van der Waals surface area (Å²) in [6.07, 6.45) is 6.37. The Hall–Kier alpha value is -2.25. The van der Waals surface area contributed by atoms with E-state index in [1.807, 2.05) is 23.7 Å². The van der Waals surface area contributed by atoms with Gasteiger partial charge in [-0.25, -0.2) is 9.98 Å². The molecule has 3 N–H and O–H groups in total. The Labute approximate surface area is 149 Å². The quantitative estimate of drug-likeness (QED) is 0.717. The van der Waals surface area contributed by atoms with Crippen LogP contribution in [0.4, 0.5) is 0 Å². The summed E-state index contributed by atoms with van der Waals surface area (Å²) in [7, 11) is 0. The van der Waals surface area contributed by atoms with Crippen molar-refractivity contribution in [2.24, 2.45) is 10.9 Å². The van der Waals surface area contributed by atoms with Gasteiger partial charge in [0.05, 0.1) is 28.4 Å². The van der Waals surface area contributed by atoms with Crippen LogP contribution in [0.5, 0.6) is 0 Å². The molecule has 1 atom stereocenters. The third-order valence-electron chi connectivity index (χ3n) is 4.75. The molecule has 6 nitrogen and oxygen atoms in total. The Morgan fingerprint density at radius 1 is 1.40 bits per heavy atom. The summed E-state index contributed by atoms with van der Waals surface area (Å²) in [5.41, 5.74) is 4.16. The van der Waals surface area contributed by atoms with Crippen LogP contribution < -0.4 is 10.6 Å². The Morgan fingerprint density at radius 3 is 3.04 bits per heavy atom. The van der Waals surface area contributed by atoms with E-state index in [0.717, 1.165) is 22.2 Å². The van der Waals surface area contributed by atoms with E-state index in [1.54, 1.807) is 17.4 Å². The van der Waals surface area contributed by atoms with E-state index in [2.05, 4.69) is 20.6 Å². The average molecular weight is 356 g/mol. The lowest BCUT2D eigenvalue weighted by atomic mass is 9.81. The minimum absolute atomic E-state index is 0.00135. The molecule has 1 aromatic heterocycles. The van der Waals surface area contributed by atoms with E-state index < -0.39 is 0 Å². The fourth-order valence-electron chi connectivity index (χ4n) is 3.15. The number of aromatic nitrogens is 1. The number of thiazole rings is 1. The summed E-state index contributed by atoms with van der Waals surface area (Å²) in [4.78, 5) is 20.9. The molecule has 2 heterocycles. The summed E-state index contributed by atoms with van der Waals surface area (Å²) in [6.45, 7) is -0.00135. The second-order valence-electron chi connectivity index (χ2n) is 6.56. The lowest BCUT2D eigenvalue weighted by Crippen LogP contribution is -2.30. The highest BCUT2D eigenvalue weighted by atomic mass is 32.1. The molecular formula is C18H20N4O2S. The van der Waals surface area contributed by atoms with Crippen LogP contribution in [0.25, 0.3) is 16.3 Å². The van der Waals surface area contributed by atoms with E-state index in [-0.39, 0.29) is 18.6 Å². The number of fused-ring (bicyclic) bond motifs is 1. The van der Waals surface area contributed by atoms with E-state index in [9.17, 15) is 9.90 Å². The zero-order valence-corrected chi connectivity index (χ0v) is 14.6. The van der Waals surface area contributed by atoms with Crippen LogP contribution in [-0.2, 0) is 4.79 Å². The number of hydrogen-bond donors (Lipinski definition) is 3. The van der Waals surface area contributed by atoms with Crippen LogP contribution in [0.15, 0.2) is 34.4 Å². The zero-order chi connectivity index (χ0) is 17.2. The van der Waals surface area contributed by atoms with Gasteiger partial charge in [-0.1, -0.05) is 25.3 Å². The third-order valence-corrected chi connectivity index (χ3v) is 5.54. The molecule has 2 aliphatic rings. The zero-order valence-electron chi connectivity index (χ0n) is 13.7. The van der Waals surface area contributed by atoms with Gasteiger partial charge < -0.3 is 10.4 Å². The van der Waals surface area contributed by atoms with Crippen molar-refractivity contribution in [3.05, 3.63) is 35.0 Å². The maximum atomic E-state index is 12.2. The number of aliphatic hydroxyl groups excluding tert-OH is 1. The minimum atomic E-state index is -0.205. The molecule has 0 bridgehead atoms. The Kier molecular flexibility index (Phi) is 4.50. The highest BCUT2D eigenvalue weighted by Crippen LogP contribution is 2.31. The lowest BCUT2D eigenvalue weighted by Gasteiger charge is -2.27. The number of aliphatic hydroxyl groups is 1. The largest absolute Gasteiger partial charge is 0.394 e. The van der Waals surface area contributed by atoms with Crippen LogP contribution >= 0.6 is 11.3 Å². The van der Waals surface area contributed by atoms with Crippen LogP contribution in [0.2, 0.25) is 0 Å². The smallest absolute Gasteiger partial charge is 0.274 e. The van der Waals surface area contributed by atoms with Crippen molar-refractivity contribution in [3.63, 3.8) is 0 Å². The fourth-order valence-corrected chi connectivity index (χ4v) is 3.87. The van der Waals surface area contributed by atoms with E-state index in [1.165, 1.54) is 19.3 Å². The number of nitrogens with one attached hydrogen (secondary N) is 2. The summed E-state index contributed by atoms with van der Waals surface area (Å²) < 4.78 is 1.09. The van der Waals surface area contributed by atoms with Gasteiger partial charge in [0.1, 0.15) is 5.70 Å². The molecule has 130 valence electrons. The van der Waals surface area contributed by atoms with E-state index in [0.29, 0.717) is 17.6 Å². The first-order chi connectivity index (χ1) is 12.2. The molecule has 0 radical (unpaired) electrons. The van der Waals surface area contributed by atoms with Crippen molar-refractivity contribution in [2.75, 3.05) is 6.61 Å². The molecule has 1 amide bonds. The van der Waals surface area contributed by atoms with Crippen molar-refractivity contribution in [2.45, 2.75) is 31.7 Å². The number of benzene rings is 1. The number of hydrogen-bond acceptors (Lipinski definition) is 5. The monoisotopic (exact) mass is 356 g/mol. The topological polar surface area (TPSA) is 86.6 Å². The van der Waals surface area contributed by atoms with Gasteiger partial charge in [-0.2, -0.15) is 0 Å². The molecule has 1 aliphatic carbocycles. The normalized spacial score (nSPS) is 22.2. The van der Waals surface area contributed by atoms with E-state index >= 15 is 0 Å². The Bertz CT molecular complexity index is 854. The molecular weight excluding hydrogens is 336 g/mol. The number of guanidine groups is 1. The highest BCUT2D eigenvalue weighted by molar-refractivity contribution is 7.16. The van der Waals surface area contributed by atoms with Crippen molar-refractivity contribution >= 4 is 39.5 Å². The van der Waals surface area contributed by atoms with Crippen LogP contribution in [-0.4, -0.2) is 34.6 Å². The lowest BCUT2D eigenvalue weighted by molar-refractivity contribution is -0.115. The molecule has 0 unspecified atom stereocenters. The van der Waals surface area contributed by atoms with Crippen molar-refractivity contribution in [3.8, 4) is 0 Å². The highest BCUT2D eigenvalue weighted by Gasteiger charge is 2.25. The van der Waals surface area contributed by atoms with Gasteiger partial charge in [0.15, 0.2) is 0 Å². The molecule has 0 spiro atoms. The van der Waals surface area contributed by atoms with Gasteiger partial charge in [0.2, 0.25) is 5.96 Å². The van der Waals surface area contributed by atoms with Gasteiger partial charge in [-0.3, -0.25) is 10.1 Å². The molecule has 2 aromatic rings. The summed E-state index contributed by atoms with van der Waals surface area (Å²) >= 11 is 1.57. The fraction of sp³-hybridized carbons (Fsp3) is 0.389. The Balaban J connectivity index is 1.49. The average Bonchev–Trinajstić information content (AvgIpc) is 3.16. The second-order valence-corrected chi connectivity index (χ2v) is 7.45. The predicted molar refractivity (Wildman–Crippen MR) is 99.1 cm³/mol. The number of rotatable bonds is 5. The molecule has 1 aliphatic heterocycles. The first-order valence-corrected chi connectivity index (χ1v) is 9.41. The number of aliphatic imine (C=N–C) groups is 1. The van der Waals surface area contributed by atoms with Crippen molar-refractivity contribution < 1.29 is 9.90 Å². The number of carbonyl (C=O) groups is 1. The molecule has 25 heavy (non-hydrogen) atoms. The van der Waals surface area contributed by atoms with Crippen LogP contribution in [0.1, 0.15) is 31.2 Å². The standard InChI is InChI=1S/C18H20N4O2S/c23-9-13(6-11-2-1-3-11)20-18-21-15(17(24)22-18)7-12-4-5-14-16(8-12)25-10-19-14/h4-5,7-8,10-11,13,23H,1-3,6,9H2,(H2,20,21,22,24)/b15-7-/t13-/m1/s1. The van der Waals surface area contributed by atoms with Crippen molar-refractivity contribution in [1.82, 2.24) is 15.6 Å². The van der Waals surface area contributed by atoms with Crippen LogP contribution in [0.3, 0.4) is 0 Å². The SMILES string of the molecule is O=C1NC(=N[C@@H](CO)CC2CCC2)N/C1=C\c1ccc2ncsc2c1.